The summed E-state index contributed by atoms with van der Waals surface area (Å²) >= 11 is 4.75. The molecule has 1 heterocycles. The molecule has 0 spiro atoms. The van der Waals surface area contributed by atoms with Gasteiger partial charge < -0.3 is 0 Å². The van der Waals surface area contributed by atoms with Crippen molar-refractivity contribution in [3.63, 3.8) is 0 Å². The van der Waals surface area contributed by atoms with Crippen LogP contribution in [0, 0.1) is 0 Å². The molecule has 0 saturated carbocycles. The van der Waals surface area contributed by atoms with Gasteiger partial charge in [0.25, 0.3) is 0 Å². The van der Waals surface area contributed by atoms with Crippen molar-refractivity contribution >= 4 is 40.6 Å². The van der Waals surface area contributed by atoms with Crippen molar-refractivity contribution in [1.29, 1.82) is 0 Å². The SMILES string of the molecule is CSc1nnc(SC2=CC(=O)C[C@H](c3ccccc3)C2)s1. The maximum absolute atomic E-state index is 12.0. The number of hydrogen-bond acceptors (Lipinski definition) is 6. The maximum Gasteiger partial charge on any atom is 0.179 e. The summed E-state index contributed by atoms with van der Waals surface area (Å²) in [5.41, 5.74) is 1.24. The van der Waals surface area contributed by atoms with Crippen LogP contribution in [0.5, 0.6) is 0 Å². The second-order valence-electron chi connectivity index (χ2n) is 4.73. The molecule has 0 N–H and O–H groups in total. The minimum Gasteiger partial charge on any atom is -0.295 e. The van der Waals surface area contributed by atoms with E-state index in [1.54, 1.807) is 40.9 Å². The molecule has 1 aromatic carbocycles. The molecule has 0 unspecified atom stereocenters. The fourth-order valence-electron chi connectivity index (χ4n) is 2.32. The summed E-state index contributed by atoms with van der Waals surface area (Å²) in [6, 6.07) is 10.3. The molecule has 108 valence electrons. The summed E-state index contributed by atoms with van der Waals surface area (Å²) in [6.45, 7) is 0. The van der Waals surface area contributed by atoms with Crippen LogP contribution >= 0.6 is 34.9 Å². The Labute approximate surface area is 136 Å². The van der Waals surface area contributed by atoms with Gasteiger partial charge in [0.15, 0.2) is 14.5 Å². The maximum atomic E-state index is 12.0. The van der Waals surface area contributed by atoms with Gasteiger partial charge in [0.1, 0.15) is 0 Å². The lowest BCUT2D eigenvalue weighted by molar-refractivity contribution is -0.115. The number of carbonyl (C=O) groups is 1. The van der Waals surface area contributed by atoms with Crippen LogP contribution in [0.2, 0.25) is 0 Å². The zero-order chi connectivity index (χ0) is 14.7. The van der Waals surface area contributed by atoms with Gasteiger partial charge in [-0.3, -0.25) is 4.79 Å². The molecular weight excluding hydrogens is 320 g/mol. The Morgan fingerprint density at radius 1 is 1.14 bits per heavy atom. The lowest BCUT2D eigenvalue weighted by atomic mass is 9.87. The van der Waals surface area contributed by atoms with Crippen LogP contribution in [0.1, 0.15) is 24.3 Å². The number of carbonyl (C=O) groups excluding carboxylic acids is 1. The van der Waals surface area contributed by atoms with Crippen LogP contribution in [-0.4, -0.2) is 22.2 Å². The number of rotatable bonds is 4. The highest BCUT2D eigenvalue weighted by molar-refractivity contribution is 8.05. The van der Waals surface area contributed by atoms with Crippen LogP contribution < -0.4 is 0 Å². The normalized spacial score (nSPS) is 18.6. The quantitative estimate of drug-likeness (QED) is 0.776. The third-order valence-corrected chi connectivity index (χ3v) is 6.27. The van der Waals surface area contributed by atoms with E-state index in [0.717, 1.165) is 20.0 Å². The molecule has 2 aromatic rings. The van der Waals surface area contributed by atoms with Crippen molar-refractivity contribution in [3.05, 3.63) is 46.9 Å². The van der Waals surface area contributed by atoms with Gasteiger partial charge in [0, 0.05) is 6.42 Å². The van der Waals surface area contributed by atoms with Crippen molar-refractivity contribution in [1.82, 2.24) is 10.2 Å². The molecule has 1 aliphatic carbocycles. The highest BCUT2D eigenvalue weighted by Gasteiger charge is 2.23. The summed E-state index contributed by atoms with van der Waals surface area (Å²) in [7, 11) is 0. The molecule has 0 bridgehead atoms. The first-order valence-electron chi connectivity index (χ1n) is 6.58. The lowest BCUT2D eigenvalue weighted by Gasteiger charge is -2.21. The fourth-order valence-corrected chi connectivity index (χ4v) is 4.99. The molecule has 0 fully saturated rings. The van der Waals surface area contributed by atoms with E-state index in [9.17, 15) is 4.79 Å². The largest absolute Gasteiger partial charge is 0.295 e. The summed E-state index contributed by atoms with van der Waals surface area (Å²) in [4.78, 5) is 13.1. The molecule has 1 atom stereocenters. The predicted molar refractivity (Wildman–Crippen MR) is 89.1 cm³/mol. The van der Waals surface area contributed by atoms with Crippen molar-refractivity contribution in [2.24, 2.45) is 0 Å². The van der Waals surface area contributed by atoms with E-state index in [-0.39, 0.29) is 11.7 Å². The van der Waals surface area contributed by atoms with E-state index in [2.05, 4.69) is 22.3 Å². The molecule has 6 heteroatoms. The van der Waals surface area contributed by atoms with Crippen LogP contribution in [0.15, 0.2) is 50.0 Å². The third-order valence-electron chi connectivity index (χ3n) is 3.27. The Bertz CT molecular complexity index is 667. The molecule has 1 aromatic heterocycles. The number of allylic oxidation sites excluding steroid dienone is 2. The molecule has 0 amide bonds. The molecule has 1 aliphatic rings. The summed E-state index contributed by atoms with van der Waals surface area (Å²) in [5, 5.41) is 8.26. The van der Waals surface area contributed by atoms with Crippen molar-refractivity contribution < 1.29 is 4.79 Å². The van der Waals surface area contributed by atoms with E-state index in [0.29, 0.717) is 6.42 Å². The highest BCUT2D eigenvalue weighted by atomic mass is 32.2. The second kappa shape index (κ2) is 6.77. The number of ketones is 1. The van der Waals surface area contributed by atoms with Gasteiger partial charge in [-0.2, -0.15) is 0 Å². The zero-order valence-electron chi connectivity index (χ0n) is 11.5. The highest BCUT2D eigenvalue weighted by Crippen LogP contribution is 2.40. The Hall–Kier alpha value is -1.11. The number of aromatic nitrogens is 2. The van der Waals surface area contributed by atoms with Crippen molar-refractivity contribution in [3.8, 4) is 0 Å². The first kappa shape index (κ1) is 14.8. The Morgan fingerprint density at radius 3 is 2.62 bits per heavy atom. The molecule has 21 heavy (non-hydrogen) atoms. The minimum atomic E-state index is 0.201. The Kier molecular flexibility index (Phi) is 4.77. The molecule has 0 saturated heterocycles. The van der Waals surface area contributed by atoms with Gasteiger partial charge in [0.2, 0.25) is 0 Å². The van der Waals surface area contributed by atoms with E-state index in [1.807, 2.05) is 24.5 Å². The summed E-state index contributed by atoms with van der Waals surface area (Å²) in [6.07, 6.45) is 5.25. The third kappa shape index (κ3) is 3.75. The van der Waals surface area contributed by atoms with Crippen LogP contribution in [0.3, 0.4) is 0 Å². The number of hydrogen-bond donors (Lipinski definition) is 0. The van der Waals surface area contributed by atoms with E-state index in [4.69, 9.17) is 0 Å². The topological polar surface area (TPSA) is 42.9 Å². The smallest absolute Gasteiger partial charge is 0.179 e. The van der Waals surface area contributed by atoms with E-state index >= 15 is 0 Å². The lowest BCUT2D eigenvalue weighted by Crippen LogP contribution is -2.11. The van der Waals surface area contributed by atoms with E-state index in [1.165, 1.54) is 5.56 Å². The molecule has 3 nitrogen and oxygen atoms in total. The van der Waals surface area contributed by atoms with Gasteiger partial charge in [0.05, 0.1) is 0 Å². The first-order chi connectivity index (χ1) is 10.2. The average molecular weight is 334 g/mol. The number of benzene rings is 1. The second-order valence-corrected chi connectivity index (χ2v) is 8.14. The minimum absolute atomic E-state index is 0.201. The summed E-state index contributed by atoms with van der Waals surface area (Å²) < 4.78 is 1.87. The van der Waals surface area contributed by atoms with Gasteiger partial charge >= 0.3 is 0 Å². The van der Waals surface area contributed by atoms with Crippen molar-refractivity contribution in [2.75, 3.05) is 6.26 Å². The van der Waals surface area contributed by atoms with Crippen LogP contribution in [0.4, 0.5) is 0 Å². The van der Waals surface area contributed by atoms with Crippen LogP contribution in [-0.2, 0) is 4.79 Å². The van der Waals surface area contributed by atoms with Gasteiger partial charge in [-0.25, -0.2) is 0 Å². The molecule has 0 radical (unpaired) electrons. The summed E-state index contributed by atoms with van der Waals surface area (Å²) in [5.74, 6) is 0.478. The van der Waals surface area contributed by atoms with Crippen molar-refractivity contribution in [2.45, 2.75) is 27.4 Å². The Morgan fingerprint density at radius 2 is 1.90 bits per heavy atom. The average Bonchev–Trinajstić information content (AvgIpc) is 2.95. The molecule has 0 aliphatic heterocycles. The molecular formula is C15H14N2OS3. The standard InChI is InChI=1S/C15H14N2OS3/c1-19-14-16-17-15(21-14)20-13-8-11(7-12(18)9-13)10-5-3-2-4-6-10/h2-6,9,11H,7-8H2,1H3/t11-/m0/s1. The first-order valence-corrected chi connectivity index (χ1v) is 9.44. The van der Waals surface area contributed by atoms with Gasteiger partial charge in [-0.15, -0.1) is 10.2 Å². The number of nitrogens with zero attached hydrogens (tertiary/aromatic N) is 2. The fraction of sp³-hybridized carbons (Fsp3) is 0.267. The van der Waals surface area contributed by atoms with Crippen LogP contribution in [0.25, 0.3) is 0 Å². The van der Waals surface area contributed by atoms with E-state index < -0.39 is 0 Å². The Balaban J connectivity index is 1.75. The monoisotopic (exact) mass is 334 g/mol. The predicted octanol–water partition coefficient (Wildman–Crippen LogP) is 4.38. The zero-order valence-corrected chi connectivity index (χ0v) is 13.9. The molecule has 3 rings (SSSR count). The van der Waals surface area contributed by atoms with Gasteiger partial charge in [-0.05, 0) is 35.1 Å². The number of thioether (sulfide) groups is 2. The van der Waals surface area contributed by atoms with Gasteiger partial charge in [-0.1, -0.05) is 65.2 Å².